The van der Waals surface area contributed by atoms with Crippen molar-refractivity contribution in [2.45, 2.75) is 12.8 Å². The number of phenolic OH excluding ortho intramolecular Hbond substituents is 2. The second kappa shape index (κ2) is 6.85. The Morgan fingerprint density at radius 2 is 1.68 bits per heavy atom. The maximum atomic E-state index is 11.8. The summed E-state index contributed by atoms with van der Waals surface area (Å²) < 4.78 is 9.77. The molecule has 0 heterocycles. The number of carbonyl (C=O) groups is 1. The van der Waals surface area contributed by atoms with E-state index >= 15 is 0 Å². The molecule has 2 rings (SSSR count). The van der Waals surface area contributed by atoms with Gasteiger partial charge in [-0.1, -0.05) is 18.2 Å². The zero-order chi connectivity index (χ0) is 16.1. The average Bonchev–Trinajstić information content (AvgIpc) is 2.55. The Balaban J connectivity index is 2.21. The quantitative estimate of drug-likeness (QED) is 0.656. The van der Waals surface area contributed by atoms with Crippen LogP contribution in [0.1, 0.15) is 21.5 Å². The second-order valence-electron chi connectivity index (χ2n) is 4.81. The highest BCUT2D eigenvalue weighted by Gasteiger charge is 2.19. The van der Waals surface area contributed by atoms with Crippen molar-refractivity contribution in [2.75, 3.05) is 14.2 Å². The van der Waals surface area contributed by atoms with Crippen LogP contribution in [0.15, 0.2) is 36.4 Å². The van der Waals surface area contributed by atoms with Gasteiger partial charge in [0.1, 0.15) is 11.3 Å². The first-order chi connectivity index (χ1) is 10.6. The van der Waals surface area contributed by atoms with E-state index in [1.54, 1.807) is 13.2 Å². The Kier molecular flexibility index (Phi) is 4.88. The van der Waals surface area contributed by atoms with E-state index in [2.05, 4.69) is 4.74 Å². The Morgan fingerprint density at radius 1 is 1.00 bits per heavy atom. The van der Waals surface area contributed by atoms with Crippen molar-refractivity contribution < 1.29 is 24.5 Å². The topological polar surface area (TPSA) is 76.0 Å². The molecule has 2 aromatic carbocycles. The van der Waals surface area contributed by atoms with Gasteiger partial charge in [0.2, 0.25) is 0 Å². The predicted molar refractivity (Wildman–Crippen MR) is 81.5 cm³/mol. The fourth-order valence-electron chi connectivity index (χ4n) is 2.23. The summed E-state index contributed by atoms with van der Waals surface area (Å²) in [6.45, 7) is 0. The SMILES string of the molecule is COC(=O)c1c(CCc2ccc(OC)cc2)ccc(O)c1O. The molecule has 22 heavy (non-hydrogen) atoms. The molecule has 0 radical (unpaired) electrons. The molecule has 0 bridgehead atoms. The molecule has 0 unspecified atom stereocenters. The molecule has 0 saturated heterocycles. The highest BCUT2D eigenvalue weighted by atomic mass is 16.5. The van der Waals surface area contributed by atoms with Gasteiger partial charge in [-0.15, -0.1) is 0 Å². The first-order valence-electron chi connectivity index (χ1n) is 6.82. The van der Waals surface area contributed by atoms with E-state index in [0.29, 0.717) is 18.4 Å². The third kappa shape index (κ3) is 3.31. The number of benzene rings is 2. The molecule has 0 aromatic heterocycles. The fourth-order valence-corrected chi connectivity index (χ4v) is 2.23. The van der Waals surface area contributed by atoms with Crippen LogP contribution in [-0.2, 0) is 17.6 Å². The molecular weight excluding hydrogens is 284 g/mol. The van der Waals surface area contributed by atoms with Crippen molar-refractivity contribution in [3.8, 4) is 17.2 Å². The van der Waals surface area contributed by atoms with Gasteiger partial charge in [0.05, 0.1) is 14.2 Å². The van der Waals surface area contributed by atoms with E-state index in [-0.39, 0.29) is 11.3 Å². The summed E-state index contributed by atoms with van der Waals surface area (Å²) in [5.74, 6) is -0.674. The lowest BCUT2D eigenvalue weighted by atomic mass is 9.98. The molecule has 5 nitrogen and oxygen atoms in total. The van der Waals surface area contributed by atoms with Crippen LogP contribution in [0.5, 0.6) is 17.2 Å². The zero-order valence-electron chi connectivity index (χ0n) is 12.5. The van der Waals surface area contributed by atoms with E-state index in [9.17, 15) is 15.0 Å². The smallest absolute Gasteiger partial charge is 0.342 e. The molecule has 0 aliphatic rings. The summed E-state index contributed by atoms with van der Waals surface area (Å²) >= 11 is 0. The van der Waals surface area contributed by atoms with Gasteiger partial charge in [-0.2, -0.15) is 0 Å². The van der Waals surface area contributed by atoms with Crippen LogP contribution < -0.4 is 4.74 Å². The molecule has 116 valence electrons. The lowest BCUT2D eigenvalue weighted by molar-refractivity contribution is 0.0595. The molecule has 5 heteroatoms. The molecule has 0 saturated carbocycles. The van der Waals surface area contributed by atoms with Crippen molar-refractivity contribution in [1.29, 1.82) is 0 Å². The van der Waals surface area contributed by atoms with E-state index in [0.717, 1.165) is 11.3 Å². The van der Waals surface area contributed by atoms with Crippen LogP contribution in [0, 0.1) is 0 Å². The van der Waals surface area contributed by atoms with Gasteiger partial charge in [-0.3, -0.25) is 0 Å². The molecule has 0 atom stereocenters. The summed E-state index contributed by atoms with van der Waals surface area (Å²) in [4.78, 5) is 11.8. The molecule has 0 spiro atoms. The Labute approximate surface area is 128 Å². The van der Waals surface area contributed by atoms with Gasteiger partial charge in [-0.25, -0.2) is 4.79 Å². The maximum absolute atomic E-state index is 11.8. The van der Waals surface area contributed by atoms with Gasteiger partial charge >= 0.3 is 5.97 Å². The second-order valence-corrected chi connectivity index (χ2v) is 4.81. The number of aryl methyl sites for hydroxylation is 2. The van der Waals surface area contributed by atoms with Crippen LogP contribution in [0.2, 0.25) is 0 Å². The Bertz CT molecular complexity index is 661. The Hall–Kier alpha value is -2.69. The van der Waals surface area contributed by atoms with Gasteiger partial charge < -0.3 is 19.7 Å². The maximum Gasteiger partial charge on any atom is 0.342 e. The standard InChI is InChI=1S/C17H18O5/c1-21-13-8-4-11(5-9-13)3-6-12-7-10-14(18)16(19)15(12)17(20)22-2/h4-5,7-10,18-19H,3,6H2,1-2H3. The van der Waals surface area contributed by atoms with Crippen LogP contribution in [-0.4, -0.2) is 30.4 Å². The molecule has 0 amide bonds. The first kappa shape index (κ1) is 15.7. The molecular formula is C17H18O5. The van der Waals surface area contributed by atoms with Crippen molar-refractivity contribution >= 4 is 5.97 Å². The lowest BCUT2D eigenvalue weighted by Gasteiger charge is -2.11. The number of ether oxygens (including phenoxy) is 2. The molecule has 0 aliphatic heterocycles. The third-order valence-electron chi connectivity index (χ3n) is 3.47. The van der Waals surface area contributed by atoms with Crippen LogP contribution in [0.3, 0.4) is 0 Å². The summed E-state index contributed by atoms with van der Waals surface area (Å²) in [5.41, 5.74) is 1.71. The van der Waals surface area contributed by atoms with Gasteiger partial charge in [0.25, 0.3) is 0 Å². The predicted octanol–water partition coefficient (Wildman–Crippen LogP) is 2.68. The monoisotopic (exact) mass is 302 g/mol. The molecule has 0 fully saturated rings. The normalized spacial score (nSPS) is 10.3. The van der Waals surface area contributed by atoms with Crippen molar-refractivity contribution in [3.05, 3.63) is 53.1 Å². The van der Waals surface area contributed by atoms with E-state index in [4.69, 9.17) is 4.74 Å². The first-order valence-corrected chi connectivity index (χ1v) is 6.82. The number of hydrogen-bond acceptors (Lipinski definition) is 5. The minimum Gasteiger partial charge on any atom is -0.504 e. The number of esters is 1. The van der Waals surface area contributed by atoms with Crippen molar-refractivity contribution in [2.24, 2.45) is 0 Å². The lowest BCUT2D eigenvalue weighted by Crippen LogP contribution is -2.07. The largest absolute Gasteiger partial charge is 0.504 e. The minimum absolute atomic E-state index is 0.0102. The van der Waals surface area contributed by atoms with E-state index < -0.39 is 11.7 Å². The number of carbonyl (C=O) groups excluding carboxylic acids is 1. The van der Waals surface area contributed by atoms with Crippen LogP contribution >= 0.6 is 0 Å². The fraction of sp³-hybridized carbons (Fsp3) is 0.235. The number of methoxy groups -OCH3 is 2. The summed E-state index contributed by atoms with van der Waals surface area (Å²) in [7, 11) is 2.84. The third-order valence-corrected chi connectivity index (χ3v) is 3.47. The van der Waals surface area contributed by atoms with E-state index in [1.165, 1.54) is 13.2 Å². The number of hydrogen-bond donors (Lipinski definition) is 2. The highest BCUT2D eigenvalue weighted by molar-refractivity contribution is 5.95. The minimum atomic E-state index is -0.668. The Morgan fingerprint density at radius 3 is 2.27 bits per heavy atom. The molecule has 2 N–H and O–H groups in total. The van der Waals surface area contributed by atoms with Gasteiger partial charge in [0.15, 0.2) is 11.5 Å². The average molecular weight is 302 g/mol. The van der Waals surface area contributed by atoms with Crippen LogP contribution in [0.25, 0.3) is 0 Å². The van der Waals surface area contributed by atoms with Gasteiger partial charge in [-0.05, 0) is 42.2 Å². The van der Waals surface area contributed by atoms with Gasteiger partial charge in [0, 0.05) is 0 Å². The van der Waals surface area contributed by atoms with Crippen molar-refractivity contribution in [3.63, 3.8) is 0 Å². The number of rotatable bonds is 5. The molecule has 0 aliphatic carbocycles. The number of aromatic hydroxyl groups is 2. The van der Waals surface area contributed by atoms with E-state index in [1.807, 2.05) is 24.3 Å². The summed E-state index contributed by atoms with van der Waals surface area (Å²) in [5, 5.41) is 19.4. The zero-order valence-corrected chi connectivity index (χ0v) is 12.5. The molecule has 2 aromatic rings. The van der Waals surface area contributed by atoms with Crippen molar-refractivity contribution in [1.82, 2.24) is 0 Å². The van der Waals surface area contributed by atoms with Crippen LogP contribution in [0.4, 0.5) is 0 Å². The highest BCUT2D eigenvalue weighted by Crippen LogP contribution is 2.32. The number of phenols is 2. The summed E-state index contributed by atoms with van der Waals surface area (Å²) in [6.07, 6.45) is 1.21. The summed E-state index contributed by atoms with van der Waals surface area (Å²) in [6, 6.07) is 10.6.